The molecular weight excluding hydrogens is 376 g/mol. The topological polar surface area (TPSA) is 88.4 Å². The number of halogens is 1. The summed E-state index contributed by atoms with van der Waals surface area (Å²) < 4.78 is 6.04. The summed E-state index contributed by atoms with van der Waals surface area (Å²) in [6, 6.07) is 10.5. The van der Waals surface area contributed by atoms with Gasteiger partial charge in [0.2, 0.25) is 5.91 Å². The van der Waals surface area contributed by atoms with Crippen LogP contribution in [0.15, 0.2) is 40.8 Å². The molecule has 2 N–H and O–H groups in total. The molecule has 26 heavy (non-hydrogen) atoms. The van der Waals surface area contributed by atoms with E-state index in [1.807, 2.05) is 18.2 Å². The van der Waals surface area contributed by atoms with Gasteiger partial charge >= 0.3 is 5.91 Å². The normalized spacial score (nSPS) is 10.7. The molecule has 0 saturated heterocycles. The number of nitrogens with one attached hydrogen (secondary N) is 2. The summed E-state index contributed by atoms with van der Waals surface area (Å²) in [7, 11) is 0. The standard InChI is InChI=1S/C18H15ClN2O4S/c1-10-11-4-2-3-5-13(11)25-17(10)18(24)21-20-16(23)9-6-12(22)14-7-8-15(19)26-14/h2-5,7-8H,6,9H2,1H3,(H,20,23)(H,21,24). The van der Waals surface area contributed by atoms with Crippen molar-refractivity contribution in [3.8, 4) is 0 Å². The summed E-state index contributed by atoms with van der Waals surface area (Å²) in [6.07, 6.45) is -0.0179. The molecule has 0 aliphatic rings. The molecule has 3 rings (SSSR count). The van der Waals surface area contributed by atoms with Gasteiger partial charge in [-0.1, -0.05) is 29.8 Å². The van der Waals surface area contributed by atoms with Gasteiger partial charge < -0.3 is 4.42 Å². The summed E-state index contributed by atoms with van der Waals surface area (Å²) in [5, 5.41) is 0.837. The Labute approximate surface area is 158 Å². The summed E-state index contributed by atoms with van der Waals surface area (Å²) >= 11 is 6.95. The Balaban J connectivity index is 1.53. The zero-order valence-corrected chi connectivity index (χ0v) is 15.4. The van der Waals surface area contributed by atoms with Crippen LogP contribution < -0.4 is 10.9 Å². The van der Waals surface area contributed by atoms with E-state index in [-0.39, 0.29) is 24.4 Å². The second-order valence-electron chi connectivity index (χ2n) is 5.58. The summed E-state index contributed by atoms with van der Waals surface area (Å²) in [5.41, 5.74) is 5.89. The lowest BCUT2D eigenvalue weighted by molar-refractivity contribution is -0.121. The fourth-order valence-corrected chi connectivity index (χ4v) is 3.46. The molecule has 0 atom stereocenters. The zero-order valence-electron chi connectivity index (χ0n) is 13.8. The molecule has 1 aromatic carbocycles. The number of hydrogen-bond acceptors (Lipinski definition) is 5. The van der Waals surface area contributed by atoms with E-state index in [1.165, 1.54) is 11.3 Å². The lowest BCUT2D eigenvalue weighted by Crippen LogP contribution is -2.41. The lowest BCUT2D eigenvalue weighted by atomic mass is 10.1. The van der Waals surface area contributed by atoms with Crippen LogP contribution in [-0.4, -0.2) is 17.6 Å². The first-order valence-corrected chi connectivity index (χ1v) is 9.01. The molecule has 2 aromatic heterocycles. The minimum Gasteiger partial charge on any atom is -0.451 e. The molecule has 0 radical (unpaired) electrons. The van der Waals surface area contributed by atoms with Crippen molar-refractivity contribution in [1.82, 2.24) is 10.9 Å². The molecule has 134 valence electrons. The van der Waals surface area contributed by atoms with Gasteiger partial charge in [-0.05, 0) is 25.1 Å². The highest BCUT2D eigenvalue weighted by atomic mass is 35.5. The van der Waals surface area contributed by atoms with Gasteiger partial charge in [0.1, 0.15) is 5.58 Å². The molecule has 0 bridgehead atoms. The Kier molecular flexibility index (Phi) is 5.39. The average molecular weight is 391 g/mol. The second kappa shape index (κ2) is 7.72. The van der Waals surface area contributed by atoms with Crippen LogP contribution in [0.2, 0.25) is 4.34 Å². The van der Waals surface area contributed by atoms with E-state index in [9.17, 15) is 14.4 Å². The molecule has 0 spiro atoms. The first-order valence-electron chi connectivity index (χ1n) is 7.81. The van der Waals surface area contributed by atoms with Crippen molar-refractivity contribution < 1.29 is 18.8 Å². The summed E-state index contributed by atoms with van der Waals surface area (Å²) in [4.78, 5) is 36.5. The molecule has 3 aromatic rings. The van der Waals surface area contributed by atoms with Crippen LogP contribution in [0.4, 0.5) is 0 Å². The second-order valence-corrected chi connectivity index (χ2v) is 7.30. The number of aryl methyl sites for hydroxylation is 1. The third-order valence-corrected chi connectivity index (χ3v) is 5.06. The van der Waals surface area contributed by atoms with Gasteiger partial charge in [0.05, 0.1) is 9.21 Å². The number of hydrogen-bond donors (Lipinski definition) is 2. The zero-order chi connectivity index (χ0) is 18.7. The molecule has 0 aliphatic carbocycles. The predicted octanol–water partition coefficient (Wildman–Crippen LogP) is 3.88. The molecule has 8 heteroatoms. The minimum absolute atomic E-state index is 0.0300. The van der Waals surface area contributed by atoms with Crippen LogP contribution in [0.5, 0.6) is 0 Å². The van der Waals surface area contributed by atoms with Crippen LogP contribution in [0, 0.1) is 6.92 Å². The Hall–Kier alpha value is -2.64. The van der Waals surface area contributed by atoms with Crippen molar-refractivity contribution in [2.45, 2.75) is 19.8 Å². The van der Waals surface area contributed by atoms with Gasteiger partial charge in [-0.15, -0.1) is 11.3 Å². The summed E-state index contributed by atoms with van der Waals surface area (Å²) in [5.74, 6) is -1.06. The van der Waals surface area contributed by atoms with Crippen molar-refractivity contribution in [1.29, 1.82) is 0 Å². The van der Waals surface area contributed by atoms with Gasteiger partial charge in [-0.3, -0.25) is 25.2 Å². The molecular formula is C18H15ClN2O4S. The number of Topliss-reactive ketones (excluding diaryl/α,β-unsaturated/α-hetero) is 1. The highest BCUT2D eigenvalue weighted by Gasteiger charge is 2.18. The van der Waals surface area contributed by atoms with E-state index in [0.717, 1.165) is 5.39 Å². The van der Waals surface area contributed by atoms with Crippen molar-refractivity contribution in [2.75, 3.05) is 0 Å². The fraction of sp³-hybridized carbons (Fsp3) is 0.167. The summed E-state index contributed by atoms with van der Waals surface area (Å²) in [6.45, 7) is 1.77. The van der Waals surface area contributed by atoms with Gasteiger partial charge in [-0.25, -0.2) is 0 Å². The number of thiophene rings is 1. The molecule has 0 fully saturated rings. The first-order chi connectivity index (χ1) is 12.5. The monoisotopic (exact) mass is 390 g/mol. The maximum atomic E-state index is 12.2. The molecule has 0 aliphatic heterocycles. The Morgan fingerprint density at radius 3 is 2.54 bits per heavy atom. The van der Waals surface area contributed by atoms with E-state index >= 15 is 0 Å². The van der Waals surface area contributed by atoms with E-state index < -0.39 is 11.8 Å². The lowest BCUT2D eigenvalue weighted by Gasteiger charge is -2.06. The smallest absolute Gasteiger partial charge is 0.305 e. The van der Waals surface area contributed by atoms with E-state index in [2.05, 4.69) is 10.9 Å². The quantitative estimate of drug-likeness (QED) is 0.511. The third-order valence-electron chi connectivity index (χ3n) is 3.79. The van der Waals surface area contributed by atoms with Crippen molar-refractivity contribution in [3.63, 3.8) is 0 Å². The van der Waals surface area contributed by atoms with Crippen LogP contribution in [0.1, 0.15) is 38.6 Å². The van der Waals surface area contributed by atoms with Gasteiger partial charge in [-0.2, -0.15) is 0 Å². The fourth-order valence-electron chi connectivity index (χ4n) is 2.45. The third kappa shape index (κ3) is 3.95. The number of benzene rings is 1. The number of ketones is 1. The predicted molar refractivity (Wildman–Crippen MR) is 99.5 cm³/mol. The van der Waals surface area contributed by atoms with Crippen molar-refractivity contribution in [3.05, 3.63) is 56.9 Å². The number of amides is 2. The van der Waals surface area contributed by atoms with Crippen molar-refractivity contribution >= 4 is 51.5 Å². The Morgan fingerprint density at radius 2 is 1.85 bits per heavy atom. The minimum atomic E-state index is -0.552. The Morgan fingerprint density at radius 1 is 1.08 bits per heavy atom. The average Bonchev–Trinajstić information content (AvgIpc) is 3.22. The highest BCUT2D eigenvalue weighted by molar-refractivity contribution is 7.18. The number of para-hydroxylation sites is 1. The molecule has 6 nitrogen and oxygen atoms in total. The first kappa shape index (κ1) is 18.2. The van der Waals surface area contributed by atoms with Gasteiger partial charge in [0.25, 0.3) is 0 Å². The van der Waals surface area contributed by atoms with Crippen molar-refractivity contribution in [2.24, 2.45) is 0 Å². The molecule has 0 saturated carbocycles. The molecule has 2 amide bonds. The molecule has 0 unspecified atom stereocenters. The van der Waals surface area contributed by atoms with E-state index in [4.69, 9.17) is 16.0 Å². The molecule has 2 heterocycles. The number of fused-ring (bicyclic) bond motifs is 1. The van der Waals surface area contributed by atoms with Crippen LogP contribution in [0.3, 0.4) is 0 Å². The number of rotatable bonds is 5. The number of carbonyl (C=O) groups is 3. The number of hydrazine groups is 1. The van der Waals surface area contributed by atoms with Gasteiger partial charge in [0.15, 0.2) is 11.5 Å². The highest BCUT2D eigenvalue weighted by Crippen LogP contribution is 2.25. The number of carbonyl (C=O) groups excluding carboxylic acids is 3. The SMILES string of the molecule is Cc1c(C(=O)NNC(=O)CCC(=O)c2ccc(Cl)s2)oc2ccccc12. The van der Waals surface area contributed by atoms with E-state index in [1.54, 1.807) is 25.1 Å². The maximum absolute atomic E-state index is 12.2. The number of furan rings is 1. The largest absolute Gasteiger partial charge is 0.451 e. The van der Waals surface area contributed by atoms with Crippen LogP contribution in [0.25, 0.3) is 11.0 Å². The van der Waals surface area contributed by atoms with Crippen LogP contribution >= 0.6 is 22.9 Å². The maximum Gasteiger partial charge on any atom is 0.305 e. The van der Waals surface area contributed by atoms with E-state index in [0.29, 0.717) is 20.4 Å². The Bertz CT molecular complexity index is 992. The van der Waals surface area contributed by atoms with Crippen LogP contribution in [-0.2, 0) is 4.79 Å². The van der Waals surface area contributed by atoms with Gasteiger partial charge in [0, 0.05) is 23.8 Å².